The summed E-state index contributed by atoms with van der Waals surface area (Å²) in [5.41, 5.74) is 7.52. The topological polar surface area (TPSA) is 43.8 Å². The zero-order chi connectivity index (χ0) is 19.8. The molecule has 27 heavy (non-hydrogen) atoms. The predicted octanol–water partition coefficient (Wildman–Crippen LogP) is 5.80. The van der Waals surface area contributed by atoms with Gasteiger partial charge < -0.3 is 10.3 Å². The van der Waals surface area contributed by atoms with Crippen molar-refractivity contribution in [2.24, 2.45) is 11.7 Å². The van der Waals surface area contributed by atoms with Crippen LogP contribution in [0.2, 0.25) is 5.02 Å². The molecule has 0 fully saturated rings. The summed E-state index contributed by atoms with van der Waals surface area (Å²) < 4.78 is 41.1. The van der Waals surface area contributed by atoms with E-state index in [-0.39, 0.29) is 6.04 Å². The number of alkyl halides is 3. The van der Waals surface area contributed by atoms with E-state index >= 15 is 0 Å². The van der Waals surface area contributed by atoms with Crippen molar-refractivity contribution in [1.29, 1.82) is 0 Å². The molecule has 0 aliphatic rings. The van der Waals surface area contributed by atoms with Crippen molar-refractivity contribution in [3.05, 3.63) is 64.4 Å². The van der Waals surface area contributed by atoms with Crippen LogP contribution in [0.25, 0.3) is 11.0 Å². The van der Waals surface area contributed by atoms with E-state index in [0.717, 1.165) is 17.7 Å². The molecule has 0 saturated carbocycles. The van der Waals surface area contributed by atoms with Crippen LogP contribution in [0.3, 0.4) is 0 Å². The highest BCUT2D eigenvalue weighted by atomic mass is 35.5. The molecule has 0 aliphatic carbocycles. The Morgan fingerprint density at radius 2 is 1.78 bits per heavy atom. The van der Waals surface area contributed by atoms with E-state index < -0.39 is 11.7 Å². The second kappa shape index (κ2) is 7.52. The molecule has 2 N–H and O–H groups in total. The Balaban J connectivity index is 2.10. The molecule has 7 heteroatoms. The fourth-order valence-corrected chi connectivity index (χ4v) is 3.29. The summed E-state index contributed by atoms with van der Waals surface area (Å²) >= 11 is 5.94. The van der Waals surface area contributed by atoms with E-state index in [4.69, 9.17) is 17.3 Å². The number of hydrogen-bond acceptors (Lipinski definition) is 2. The van der Waals surface area contributed by atoms with E-state index in [1.54, 1.807) is 12.1 Å². The van der Waals surface area contributed by atoms with Gasteiger partial charge in [0.2, 0.25) is 0 Å². The molecule has 1 aromatic heterocycles. The van der Waals surface area contributed by atoms with Crippen molar-refractivity contribution in [3.8, 4) is 0 Å². The van der Waals surface area contributed by atoms with Gasteiger partial charge in [-0.2, -0.15) is 13.2 Å². The average molecular weight is 396 g/mol. The minimum atomic E-state index is -4.41. The first-order valence-electron chi connectivity index (χ1n) is 8.72. The third-order valence-electron chi connectivity index (χ3n) is 4.42. The van der Waals surface area contributed by atoms with E-state index in [2.05, 4.69) is 4.98 Å². The summed E-state index contributed by atoms with van der Waals surface area (Å²) in [7, 11) is 0. The number of fused-ring (bicyclic) bond motifs is 1. The second-order valence-corrected chi connectivity index (χ2v) is 7.56. The lowest BCUT2D eigenvalue weighted by Crippen LogP contribution is -2.19. The average Bonchev–Trinajstić information content (AvgIpc) is 2.93. The smallest absolute Gasteiger partial charge is 0.322 e. The molecule has 3 aromatic rings. The highest BCUT2D eigenvalue weighted by Crippen LogP contribution is 2.33. The van der Waals surface area contributed by atoms with Gasteiger partial charge in [-0.1, -0.05) is 37.6 Å². The number of rotatable bonds is 5. The van der Waals surface area contributed by atoms with Gasteiger partial charge in [0.1, 0.15) is 5.82 Å². The molecule has 1 atom stereocenters. The third-order valence-corrected chi connectivity index (χ3v) is 4.67. The molecular formula is C20H21ClF3N3. The molecule has 0 saturated heterocycles. The molecule has 144 valence electrons. The zero-order valence-corrected chi connectivity index (χ0v) is 15.8. The van der Waals surface area contributed by atoms with Gasteiger partial charge in [0.05, 0.1) is 22.6 Å². The zero-order valence-electron chi connectivity index (χ0n) is 15.1. The van der Waals surface area contributed by atoms with Crippen LogP contribution in [0.15, 0.2) is 42.5 Å². The number of aromatic nitrogens is 2. The monoisotopic (exact) mass is 395 g/mol. The lowest BCUT2D eigenvalue weighted by Gasteiger charge is -2.16. The minimum Gasteiger partial charge on any atom is -0.322 e. The molecule has 3 rings (SSSR count). The normalized spacial score (nSPS) is 13.5. The molecule has 0 aliphatic heterocycles. The summed E-state index contributed by atoms with van der Waals surface area (Å²) in [6.45, 7) is 4.56. The van der Waals surface area contributed by atoms with Gasteiger partial charge in [-0.15, -0.1) is 0 Å². The summed E-state index contributed by atoms with van der Waals surface area (Å²) in [4.78, 5) is 4.47. The van der Waals surface area contributed by atoms with E-state index in [9.17, 15) is 13.2 Å². The van der Waals surface area contributed by atoms with E-state index in [1.165, 1.54) is 6.07 Å². The lowest BCUT2D eigenvalue weighted by molar-refractivity contribution is -0.137. The molecule has 0 amide bonds. The SMILES string of the molecule is CC(C)C[C@H](N)c1nc2cc(C(F)(F)F)ccc2n1Cc1ccc(Cl)cc1. The number of imidazole rings is 1. The molecule has 1 heterocycles. The van der Waals surface area contributed by atoms with Gasteiger partial charge in [0.25, 0.3) is 0 Å². The third kappa shape index (κ3) is 4.45. The maximum absolute atomic E-state index is 13.1. The summed E-state index contributed by atoms with van der Waals surface area (Å²) in [6, 6.07) is 10.6. The van der Waals surface area contributed by atoms with Crippen LogP contribution < -0.4 is 5.73 Å². The van der Waals surface area contributed by atoms with Crippen LogP contribution in [0.4, 0.5) is 13.2 Å². The van der Waals surface area contributed by atoms with Crippen LogP contribution in [0, 0.1) is 5.92 Å². The van der Waals surface area contributed by atoms with Crippen molar-refractivity contribution in [3.63, 3.8) is 0 Å². The number of halogens is 4. The van der Waals surface area contributed by atoms with Crippen LogP contribution in [-0.4, -0.2) is 9.55 Å². The van der Waals surface area contributed by atoms with Crippen molar-refractivity contribution < 1.29 is 13.2 Å². The van der Waals surface area contributed by atoms with Crippen molar-refractivity contribution in [2.75, 3.05) is 0 Å². The molecule has 0 radical (unpaired) electrons. The fourth-order valence-electron chi connectivity index (χ4n) is 3.16. The number of nitrogens with two attached hydrogens (primary N) is 1. The molecule has 0 bridgehead atoms. The van der Waals surface area contributed by atoms with Gasteiger partial charge in [-0.3, -0.25) is 0 Å². The fraction of sp³-hybridized carbons (Fsp3) is 0.350. The van der Waals surface area contributed by atoms with E-state index in [0.29, 0.717) is 40.8 Å². The Labute approximate surface area is 161 Å². The van der Waals surface area contributed by atoms with Gasteiger partial charge in [-0.25, -0.2) is 4.98 Å². The van der Waals surface area contributed by atoms with Gasteiger partial charge in [-0.05, 0) is 48.2 Å². The Hall–Kier alpha value is -2.05. The predicted molar refractivity (Wildman–Crippen MR) is 102 cm³/mol. The Bertz CT molecular complexity index is 930. The minimum absolute atomic E-state index is 0.299. The largest absolute Gasteiger partial charge is 0.416 e. The number of benzene rings is 2. The summed E-state index contributed by atoms with van der Waals surface area (Å²) in [6.07, 6.45) is -3.72. The van der Waals surface area contributed by atoms with Gasteiger partial charge in [0.15, 0.2) is 0 Å². The van der Waals surface area contributed by atoms with Crippen molar-refractivity contribution in [2.45, 2.75) is 39.0 Å². The molecule has 0 spiro atoms. The highest BCUT2D eigenvalue weighted by Gasteiger charge is 2.31. The Morgan fingerprint density at radius 1 is 1.11 bits per heavy atom. The first-order chi connectivity index (χ1) is 12.6. The van der Waals surface area contributed by atoms with Crippen molar-refractivity contribution >= 4 is 22.6 Å². The quantitative estimate of drug-likeness (QED) is 0.593. The first-order valence-corrected chi connectivity index (χ1v) is 9.10. The van der Waals surface area contributed by atoms with Crippen molar-refractivity contribution in [1.82, 2.24) is 9.55 Å². The second-order valence-electron chi connectivity index (χ2n) is 7.12. The van der Waals surface area contributed by atoms with Gasteiger partial charge in [0, 0.05) is 11.6 Å². The maximum atomic E-state index is 13.1. The highest BCUT2D eigenvalue weighted by molar-refractivity contribution is 6.30. The van der Waals surface area contributed by atoms with E-state index in [1.807, 2.05) is 30.5 Å². The maximum Gasteiger partial charge on any atom is 0.416 e. The van der Waals surface area contributed by atoms with Crippen LogP contribution in [0.1, 0.15) is 43.3 Å². The lowest BCUT2D eigenvalue weighted by atomic mass is 10.0. The van der Waals surface area contributed by atoms with Crippen LogP contribution in [-0.2, 0) is 12.7 Å². The summed E-state index contributed by atoms with van der Waals surface area (Å²) in [5.74, 6) is 0.933. The standard InChI is InChI=1S/C20H21ClF3N3/c1-12(2)9-16(25)19-26-17-10-14(20(22,23)24)5-8-18(17)27(19)11-13-3-6-15(21)7-4-13/h3-8,10,12,16H,9,11,25H2,1-2H3/t16-/m0/s1. The molecule has 3 nitrogen and oxygen atoms in total. The number of hydrogen-bond donors (Lipinski definition) is 1. The number of nitrogens with zero attached hydrogens (tertiary/aromatic N) is 2. The molecule has 0 unspecified atom stereocenters. The Morgan fingerprint density at radius 3 is 2.37 bits per heavy atom. The van der Waals surface area contributed by atoms with Crippen LogP contribution >= 0.6 is 11.6 Å². The first kappa shape index (κ1) is 19.7. The molecular weight excluding hydrogens is 375 g/mol. The summed E-state index contributed by atoms with van der Waals surface area (Å²) in [5, 5.41) is 0.626. The van der Waals surface area contributed by atoms with Crippen LogP contribution in [0.5, 0.6) is 0 Å². The Kier molecular flexibility index (Phi) is 5.49. The molecule has 2 aromatic carbocycles. The van der Waals surface area contributed by atoms with Gasteiger partial charge >= 0.3 is 6.18 Å².